The van der Waals surface area contributed by atoms with Gasteiger partial charge in [-0.25, -0.2) is 4.79 Å². The van der Waals surface area contributed by atoms with Gasteiger partial charge in [-0.3, -0.25) is 0 Å². The Morgan fingerprint density at radius 2 is 2.05 bits per heavy atom. The van der Waals surface area contributed by atoms with E-state index in [2.05, 4.69) is 6.07 Å². The molecular formula is C16H20O3. The molecule has 1 aliphatic carbocycles. The van der Waals surface area contributed by atoms with Gasteiger partial charge in [0.15, 0.2) is 0 Å². The van der Waals surface area contributed by atoms with E-state index in [0.717, 1.165) is 11.3 Å². The first kappa shape index (κ1) is 13.7. The van der Waals surface area contributed by atoms with Gasteiger partial charge in [-0.2, -0.15) is 0 Å². The highest BCUT2D eigenvalue weighted by Gasteiger charge is 2.18. The van der Waals surface area contributed by atoms with Crippen molar-refractivity contribution in [2.45, 2.75) is 38.0 Å². The number of aliphatic carboxylic acids is 1. The van der Waals surface area contributed by atoms with Crippen molar-refractivity contribution in [2.75, 3.05) is 7.11 Å². The summed E-state index contributed by atoms with van der Waals surface area (Å²) in [5.41, 5.74) is 2.21. The molecule has 0 bridgehead atoms. The maximum Gasteiger partial charge on any atom is 0.328 e. The van der Waals surface area contributed by atoms with Crippen molar-refractivity contribution >= 4 is 12.0 Å². The SMILES string of the molecule is COc1ccc(C=CC(=O)O)c(C2CCCCC2)c1. The van der Waals surface area contributed by atoms with Crippen LogP contribution >= 0.6 is 0 Å². The Kier molecular flexibility index (Phi) is 4.61. The van der Waals surface area contributed by atoms with Crippen LogP contribution in [0.15, 0.2) is 24.3 Å². The Hall–Kier alpha value is -1.77. The van der Waals surface area contributed by atoms with E-state index >= 15 is 0 Å². The molecule has 1 aromatic carbocycles. The number of hydrogen-bond acceptors (Lipinski definition) is 2. The normalized spacial score (nSPS) is 16.7. The first-order valence-electron chi connectivity index (χ1n) is 6.79. The lowest BCUT2D eigenvalue weighted by atomic mass is 9.82. The average Bonchev–Trinajstić information content (AvgIpc) is 2.46. The minimum atomic E-state index is -0.912. The maximum atomic E-state index is 10.7. The smallest absolute Gasteiger partial charge is 0.328 e. The molecule has 0 atom stereocenters. The van der Waals surface area contributed by atoms with Crippen LogP contribution in [0.2, 0.25) is 0 Å². The summed E-state index contributed by atoms with van der Waals surface area (Å²) < 4.78 is 5.29. The van der Waals surface area contributed by atoms with Crippen LogP contribution in [0.5, 0.6) is 5.75 Å². The van der Waals surface area contributed by atoms with Crippen molar-refractivity contribution in [3.8, 4) is 5.75 Å². The number of hydrogen-bond donors (Lipinski definition) is 1. The Morgan fingerprint density at radius 3 is 2.68 bits per heavy atom. The summed E-state index contributed by atoms with van der Waals surface area (Å²) in [5.74, 6) is 0.454. The van der Waals surface area contributed by atoms with Crippen molar-refractivity contribution in [1.29, 1.82) is 0 Å². The third kappa shape index (κ3) is 3.60. The molecule has 1 aromatic rings. The van der Waals surface area contributed by atoms with Gasteiger partial charge in [0.05, 0.1) is 7.11 Å². The molecular weight excluding hydrogens is 240 g/mol. The zero-order valence-corrected chi connectivity index (χ0v) is 11.3. The summed E-state index contributed by atoms with van der Waals surface area (Å²) in [4.78, 5) is 10.7. The van der Waals surface area contributed by atoms with Crippen molar-refractivity contribution < 1.29 is 14.6 Å². The average molecular weight is 260 g/mol. The van der Waals surface area contributed by atoms with Crippen molar-refractivity contribution in [3.05, 3.63) is 35.4 Å². The van der Waals surface area contributed by atoms with Crippen LogP contribution in [0.1, 0.15) is 49.1 Å². The van der Waals surface area contributed by atoms with Crippen LogP contribution in [-0.4, -0.2) is 18.2 Å². The molecule has 0 spiro atoms. The van der Waals surface area contributed by atoms with Gasteiger partial charge in [-0.1, -0.05) is 25.3 Å². The first-order valence-corrected chi connectivity index (χ1v) is 6.79. The van der Waals surface area contributed by atoms with E-state index in [1.165, 1.54) is 43.7 Å². The molecule has 0 aromatic heterocycles. The molecule has 0 radical (unpaired) electrons. The van der Waals surface area contributed by atoms with Crippen LogP contribution in [0, 0.1) is 0 Å². The van der Waals surface area contributed by atoms with Crippen LogP contribution in [0.4, 0.5) is 0 Å². The van der Waals surface area contributed by atoms with Gasteiger partial charge in [0, 0.05) is 6.08 Å². The van der Waals surface area contributed by atoms with Gasteiger partial charge >= 0.3 is 5.97 Å². The lowest BCUT2D eigenvalue weighted by Gasteiger charge is -2.24. The minimum Gasteiger partial charge on any atom is -0.497 e. The van der Waals surface area contributed by atoms with Gasteiger partial charge in [-0.15, -0.1) is 0 Å². The van der Waals surface area contributed by atoms with E-state index in [4.69, 9.17) is 9.84 Å². The van der Waals surface area contributed by atoms with Gasteiger partial charge in [-0.05, 0) is 48.1 Å². The van der Waals surface area contributed by atoms with Crippen LogP contribution in [-0.2, 0) is 4.79 Å². The maximum absolute atomic E-state index is 10.7. The zero-order valence-electron chi connectivity index (χ0n) is 11.3. The number of methoxy groups -OCH3 is 1. The number of carbonyl (C=O) groups is 1. The minimum absolute atomic E-state index is 0.525. The number of carboxylic acids is 1. The van der Waals surface area contributed by atoms with E-state index in [1.807, 2.05) is 12.1 Å². The second-order valence-corrected chi connectivity index (χ2v) is 5.00. The molecule has 0 aliphatic heterocycles. The van der Waals surface area contributed by atoms with E-state index in [9.17, 15) is 4.79 Å². The van der Waals surface area contributed by atoms with Gasteiger partial charge in [0.1, 0.15) is 5.75 Å². The molecule has 2 rings (SSSR count). The predicted molar refractivity (Wildman–Crippen MR) is 75.5 cm³/mol. The summed E-state index contributed by atoms with van der Waals surface area (Å²) in [7, 11) is 1.66. The van der Waals surface area contributed by atoms with Gasteiger partial charge < -0.3 is 9.84 Å². The lowest BCUT2D eigenvalue weighted by Crippen LogP contribution is -2.06. The van der Waals surface area contributed by atoms with Crippen molar-refractivity contribution in [1.82, 2.24) is 0 Å². The number of ether oxygens (including phenoxy) is 1. The highest BCUT2D eigenvalue weighted by molar-refractivity contribution is 5.85. The standard InChI is InChI=1S/C16H20O3/c1-19-14-9-7-13(8-10-16(17)18)15(11-14)12-5-3-2-4-6-12/h7-12H,2-6H2,1H3,(H,17,18). The molecule has 1 fully saturated rings. The Balaban J connectivity index is 2.32. The van der Waals surface area contributed by atoms with E-state index in [-0.39, 0.29) is 0 Å². The van der Waals surface area contributed by atoms with Crippen LogP contribution in [0.3, 0.4) is 0 Å². The second-order valence-electron chi connectivity index (χ2n) is 5.00. The summed E-state index contributed by atoms with van der Waals surface area (Å²) in [5, 5.41) is 8.77. The molecule has 0 heterocycles. The number of rotatable bonds is 4. The first-order chi connectivity index (χ1) is 9.20. The summed E-state index contributed by atoms with van der Waals surface area (Å²) in [6, 6.07) is 5.88. The fraction of sp³-hybridized carbons (Fsp3) is 0.438. The summed E-state index contributed by atoms with van der Waals surface area (Å²) in [6.45, 7) is 0. The van der Waals surface area contributed by atoms with Crippen molar-refractivity contribution in [2.24, 2.45) is 0 Å². The second kappa shape index (κ2) is 6.41. The van der Waals surface area contributed by atoms with E-state index in [0.29, 0.717) is 5.92 Å². The van der Waals surface area contributed by atoms with Gasteiger partial charge in [0.25, 0.3) is 0 Å². The molecule has 3 heteroatoms. The number of benzene rings is 1. The zero-order chi connectivity index (χ0) is 13.7. The third-order valence-corrected chi connectivity index (χ3v) is 3.74. The predicted octanol–water partition coefficient (Wildman–Crippen LogP) is 3.84. The molecule has 1 saturated carbocycles. The molecule has 3 nitrogen and oxygen atoms in total. The monoisotopic (exact) mass is 260 g/mol. The van der Waals surface area contributed by atoms with Gasteiger partial charge in [0.2, 0.25) is 0 Å². The summed E-state index contributed by atoms with van der Waals surface area (Å²) in [6.07, 6.45) is 9.07. The molecule has 0 amide bonds. The Labute approximate surface area is 113 Å². The van der Waals surface area contributed by atoms with Crippen molar-refractivity contribution in [3.63, 3.8) is 0 Å². The van der Waals surface area contributed by atoms with Crippen LogP contribution < -0.4 is 4.74 Å². The molecule has 19 heavy (non-hydrogen) atoms. The number of carboxylic acid groups (broad SMARTS) is 1. The van der Waals surface area contributed by atoms with Crippen LogP contribution in [0.25, 0.3) is 6.08 Å². The third-order valence-electron chi connectivity index (χ3n) is 3.74. The summed E-state index contributed by atoms with van der Waals surface area (Å²) >= 11 is 0. The fourth-order valence-corrected chi connectivity index (χ4v) is 2.76. The highest BCUT2D eigenvalue weighted by atomic mass is 16.5. The molecule has 1 aliphatic rings. The molecule has 102 valence electrons. The quantitative estimate of drug-likeness (QED) is 0.837. The highest BCUT2D eigenvalue weighted by Crippen LogP contribution is 2.36. The van der Waals surface area contributed by atoms with E-state index < -0.39 is 5.97 Å². The topological polar surface area (TPSA) is 46.5 Å². The molecule has 0 unspecified atom stereocenters. The Morgan fingerprint density at radius 1 is 1.32 bits per heavy atom. The largest absolute Gasteiger partial charge is 0.497 e. The molecule has 0 saturated heterocycles. The molecule has 1 N–H and O–H groups in total. The van der Waals surface area contributed by atoms with E-state index in [1.54, 1.807) is 13.2 Å². The lowest BCUT2D eigenvalue weighted by molar-refractivity contribution is -0.131. The Bertz CT molecular complexity index is 471. The fourth-order valence-electron chi connectivity index (χ4n) is 2.76.